The molecule has 0 aromatic heterocycles. The zero-order chi connectivity index (χ0) is 14.4. The van der Waals surface area contributed by atoms with Crippen LogP contribution in [0.4, 0.5) is 16.2 Å². The zero-order valence-corrected chi connectivity index (χ0v) is 12.7. The van der Waals surface area contributed by atoms with Crippen LogP contribution in [-0.4, -0.2) is 28.8 Å². The second kappa shape index (κ2) is 6.87. The molecular formula is C14H13AsN2O3. The van der Waals surface area contributed by atoms with Crippen molar-refractivity contribution in [2.75, 3.05) is 17.7 Å². The molecule has 0 bridgehead atoms. The van der Waals surface area contributed by atoms with Crippen molar-refractivity contribution < 1.29 is 13.3 Å². The van der Waals surface area contributed by atoms with Crippen LogP contribution in [0.3, 0.4) is 0 Å². The fraction of sp³-hybridized carbons (Fsp3) is 0.0714. The van der Waals surface area contributed by atoms with E-state index in [4.69, 9.17) is 4.74 Å². The van der Waals surface area contributed by atoms with Gasteiger partial charge in [0.05, 0.1) is 7.11 Å². The Kier molecular flexibility index (Phi) is 4.90. The molecule has 0 aliphatic rings. The number of urea groups is 1. The van der Waals surface area contributed by atoms with E-state index < -0.39 is 15.7 Å². The maximum atomic E-state index is 11.8. The van der Waals surface area contributed by atoms with Gasteiger partial charge in [0.1, 0.15) is 0 Å². The van der Waals surface area contributed by atoms with Crippen LogP contribution in [0.1, 0.15) is 0 Å². The van der Waals surface area contributed by atoms with Gasteiger partial charge < -0.3 is 0 Å². The first kappa shape index (κ1) is 14.3. The minimum atomic E-state index is -1.03. The van der Waals surface area contributed by atoms with Crippen LogP contribution in [0.15, 0.2) is 48.5 Å². The molecule has 0 saturated heterocycles. The van der Waals surface area contributed by atoms with Crippen molar-refractivity contribution in [3.8, 4) is 5.75 Å². The van der Waals surface area contributed by atoms with Gasteiger partial charge in [-0.05, 0) is 0 Å². The third kappa shape index (κ3) is 3.93. The molecule has 20 heavy (non-hydrogen) atoms. The molecule has 0 fully saturated rings. The van der Waals surface area contributed by atoms with Gasteiger partial charge in [-0.15, -0.1) is 0 Å². The summed E-state index contributed by atoms with van der Waals surface area (Å²) >= 11 is -1.03. The molecule has 2 rings (SSSR count). The summed E-state index contributed by atoms with van der Waals surface area (Å²) in [6.07, 6.45) is 0. The molecule has 0 aliphatic heterocycles. The number of carbonyl (C=O) groups is 1. The summed E-state index contributed by atoms with van der Waals surface area (Å²) in [4.78, 5) is 11.8. The van der Waals surface area contributed by atoms with Crippen LogP contribution in [0.25, 0.3) is 0 Å². The van der Waals surface area contributed by atoms with Crippen molar-refractivity contribution in [3.63, 3.8) is 0 Å². The van der Waals surface area contributed by atoms with Crippen LogP contribution in [-0.2, 0) is 3.74 Å². The van der Waals surface area contributed by atoms with E-state index in [1.165, 1.54) is 0 Å². The van der Waals surface area contributed by atoms with E-state index >= 15 is 0 Å². The average molecular weight is 332 g/mol. The normalized spacial score (nSPS) is 10.1. The molecule has 0 spiro atoms. The number of ether oxygens (including phenoxy) is 1. The molecule has 6 heteroatoms. The third-order valence-corrected chi connectivity index (χ3v) is 3.65. The molecule has 0 aliphatic carbocycles. The fourth-order valence-corrected chi connectivity index (χ4v) is 2.14. The number of methoxy groups -OCH3 is 1. The molecule has 0 radical (unpaired) electrons. The third-order valence-electron chi connectivity index (χ3n) is 2.58. The van der Waals surface area contributed by atoms with E-state index in [0.717, 1.165) is 10.1 Å². The number of hydrogen-bond donors (Lipinski definition) is 2. The Morgan fingerprint density at radius 3 is 1.90 bits per heavy atom. The second-order valence-electron chi connectivity index (χ2n) is 3.95. The van der Waals surface area contributed by atoms with Gasteiger partial charge in [0, 0.05) is 0 Å². The number of carbonyl (C=O) groups excluding carboxylic acids is 1. The first-order valence-electron chi connectivity index (χ1n) is 5.87. The Bertz CT molecular complexity index is 597. The monoisotopic (exact) mass is 332 g/mol. The van der Waals surface area contributed by atoms with E-state index in [1.54, 1.807) is 55.6 Å². The number of anilines is 2. The van der Waals surface area contributed by atoms with Gasteiger partial charge in [0.15, 0.2) is 0 Å². The molecule has 2 amide bonds. The minimum absolute atomic E-state index is 0.335. The summed E-state index contributed by atoms with van der Waals surface area (Å²) in [7, 11) is 1.59. The van der Waals surface area contributed by atoms with Crippen LogP contribution in [0, 0.1) is 0 Å². The van der Waals surface area contributed by atoms with E-state index in [2.05, 4.69) is 10.6 Å². The van der Waals surface area contributed by atoms with Crippen LogP contribution in [0.5, 0.6) is 5.75 Å². The Balaban J connectivity index is 1.95. The van der Waals surface area contributed by atoms with Gasteiger partial charge >= 0.3 is 116 Å². The van der Waals surface area contributed by atoms with Gasteiger partial charge in [-0.25, -0.2) is 0 Å². The van der Waals surface area contributed by atoms with Crippen molar-refractivity contribution in [1.29, 1.82) is 0 Å². The average Bonchev–Trinajstić information content (AvgIpc) is 2.49. The zero-order valence-electron chi connectivity index (χ0n) is 10.8. The Morgan fingerprint density at radius 2 is 1.45 bits per heavy atom. The first-order valence-corrected chi connectivity index (χ1v) is 7.57. The van der Waals surface area contributed by atoms with Crippen molar-refractivity contribution >= 4 is 37.4 Å². The summed E-state index contributed by atoms with van der Waals surface area (Å²) in [6, 6.07) is 13.6. The predicted octanol–water partition coefficient (Wildman–Crippen LogP) is 2.01. The van der Waals surface area contributed by atoms with Crippen LogP contribution >= 0.6 is 0 Å². The van der Waals surface area contributed by atoms with E-state index in [0.29, 0.717) is 11.4 Å². The number of rotatable bonds is 4. The number of benzene rings is 2. The molecule has 102 valence electrons. The molecule has 0 unspecified atom stereocenters. The standard InChI is InChI=1S/C14H13AsN2O3/c1-20-13-8-6-12(7-9-13)17-14(18)16-11-4-2-10(15-19)3-5-11/h2-9H,1H3,(H2,16,17,18). The number of amides is 2. The van der Waals surface area contributed by atoms with Crippen LogP contribution < -0.4 is 19.7 Å². The number of nitrogens with one attached hydrogen (secondary N) is 2. The van der Waals surface area contributed by atoms with E-state index in [9.17, 15) is 8.53 Å². The Hall–Kier alpha value is -2.13. The molecule has 0 heterocycles. The summed E-state index contributed by atoms with van der Waals surface area (Å²) in [5.41, 5.74) is 1.32. The number of hydrogen-bond acceptors (Lipinski definition) is 3. The Labute approximate surface area is 123 Å². The Morgan fingerprint density at radius 1 is 0.950 bits per heavy atom. The topological polar surface area (TPSA) is 67.4 Å². The van der Waals surface area contributed by atoms with Gasteiger partial charge in [0.2, 0.25) is 0 Å². The summed E-state index contributed by atoms with van der Waals surface area (Å²) in [5.74, 6) is 0.729. The van der Waals surface area contributed by atoms with Crippen LogP contribution in [0.2, 0.25) is 0 Å². The molecule has 0 saturated carbocycles. The van der Waals surface area contributed by atoms with Gasteiger partial charge in [0.25, 0.3) is 0 Å². The SMILES string of the molecule is COc1ccc(NC(=O)Nc2ccc([As]=O)cc2)cc1. The fourth-order valence-electron chi connectivity index (χ4n) is 1.57. The molecule has 0 atom stereocenters. The quantitative estimate of drug-likeness (QED) is 0.842. The van der Waals surface area contributed by atoms with E-state index in [1.807, 2.05) is 0 Å². The summed E-state index contributed by atoms with van der Waals surface area (Å²) < 4.78 is 16.6. The summed E-state index contributed by atoms with van der Waals surface area (Å²) in [6.45, 7) is 0. The molecule has 2 N–H and O–H groups in total. The maximum absolute atomic E-state index is 11.8. The van der Waals surface area contributed by atoms with Gasteiger partial charge in [-0.2, -0.15) is 0 Å². The first-order chi connectivity index (χ1) is 9.71. The molecular weight excluding hydrogens is 319 g/mol. The van der Waals surface area contributed by atoms with Crippen molar-refractivity contribution in [2.45, 2.75) is 0 Å². The van der Waals surface area contributed by atoms with Crippen molar-refractivity contribution in [3.05, 3.63) is 48.5 Å². The summed E-state index contributed by atoms with van der Waals surface area (Å²) in [5, 5.41) is 5.41. The molecule has 5 nitrogen and oxygen atoms in total. The van der Waals surface area contributed by atoms with Crippen molar-refractivity contribution in [2.24, 2.45) is 0 Å². The van der Waals surface area contributed by atoms with Gasteiger partial charge in [-0.3, -0.25) is 0 Å². The van der Waals surface area contributed by atoms with Crippen molar-refractivity contribution in [1.82, 2.24) is 0 Å². The molecule has 2 aromatic rings. The predicted molar refractivity (Wildman–Crippen MR) is 78.2 cm³/mol. The van der Waals surface area contributed by atoms with Gasteiger partial charge in [-0.1, -0.05) is 0 Å². The molecule has 2 aromatic carbocycles. The second-order valence-corrected chi connectivity index (χ2v) is 5.41. The van der Waals surface area contributed by atoms with E-state index in [-0.39, 0.29) is 6.03 Å².